The average molecular weight is 430 g/mol. The lowest BCUT2D eigenvalue weighted by Crippen LogP contribution is -2.47. The van der Waals surface area contributed by atoms with Gasteiger partial charge in [-0.15, -0.1) is 0 Å². The molecule has 2 aromatic rings. The van der Waals surface area contributed by atoms with Gasteiger partial charge in [0.2, 0.25) is 5.71 Å². The Kier molecular flexibility index (Phi) is 6.70. The van der Waals surface area contributed by atoms with Gasteiger partial charge < -0.3 is 19.1 Å². The maximum Gasteiger partial charge on any atom is 0.337 e. The fraction of sp³-hybridized carbons (Fsp3) is 0.636. The summed E-state index contributed by atoms with van der Waals surface area (Å²) in [7, 11) is 2.10. The lowest BCUT2D eigenvalue weighted by atomic mass is 10.1. The molecule has 4 rings (SSSR count). The van der Waals surface area contributed by atoms with Gasteiger partial charge in [-0.2, -0.15) is 4.98 Å². The van der Waals surface area contributed by atoms with Crippen LogP contribution in [0, 0.1) is 5.92 Å². The highest BCUT2D eigenvalue weighted by Gasteiger charge is 2.21. The van der Waals surface area contributed by atoms with E-state index in [1.807, 2.05) is 0 Å². The normalized spacial score (nSPS) is 18.0. The fourth-order valence-corrected chi connectivity index (χ4v) is 4.00. The highest BCUT2D eigenvalue weighted by atomic mass is 16.6. The van der Waals surface area contributed by atoms with Crippen LogP contribution >= 0.6 is 0 Å². The second-order valence-electron chi connectivity index (χ2n) is 8.62. The summed E-state index contributed by atoms with van der Waals surface area (Å²) in [5, 5.41) is 4.59. The number of likely N-dealkylation sites (N-methyl/N-ethyl adjacent to an activating group) is 1. The minimum absolute atomic E-state index is 0.000453. The topological polar surface area (TPSA) is 104 Å². The molecule has 2 aromatic heterocycles. The van der Waals surface area contributed by atoms with Crippen LogP contribution < -0.4 is 16.0 Å². The lowest BCUT2D eigenvalue weighted by molar-refractivity contribution is 0.205. The summed E-state index contributed by atoms with van der Waals surface area (Å²) in [6, 6.07) is 1.33. The second kappa shape index (κ2) is 9.64. The summed E-state index contributed by atoms with van der Waals surface area (Å²) in [4.78, 5) is 41.6. The number of aromatic nitrogens is 2. The SMILES string of the molecule is CCCC(=NOc1nc2oc(=O)cc(CCCC3CC3)c2c(=O)[nH]1)N1CCN(C)CC1. The van der Waals surface area contributed by atoms with Gasteiger partial charge >= 0.3 is 11.6 Å². The van der Waals surface area contributed by atoms with Crippen LogP contribution in [-0.2, 0) is 6.42 Å². The van der Waals surface area contributed by atoms with E-state index in [0.717, 1.165) is 63.6 Å². The van der Waals surface area contributed by atoms with Crippen molar-refractivity contribution in [3.05, 3.63) is 32.4 Å². The van der Waals surface area contributed by atoms with E-state index in [0.29, 0.717) is 17.4 Å². The van der Waals surface area contributed by atoms with Gasteiger partial charge in [0.15, 0.2) is 0 Å². The Balaban J connectivity index is 1.55. The van der Waals surface area contributed by atoms with Crippen LogP contribution in [-0.4, -0.2) is 58.8 Å². The zero-order chi connectivity index (χ0) is 21.8. The molecule has 1 aliphatic carbocycles. The standard InChI is InChI=1S/C22H31N5O4/c1-3-5-17(27-12-10-26(2)11-13-27)25-31-22-23-20(29)19-16(7-4-6-15-8-9-15)14-18(28)30-21(19)24-22/h14-15H,3-13H2,1-2H3,(H,23,24,29). The van der Waals surface area contributed by atoms with Gasteiger partial charge in [-0.25, -0.2) is 4.79 Å². The molecule has 2 fully saturated rings. The molecule has 0 amide bonds. The predicted molar refractivity (Wildman–Crippen MR) is 119 cm³/mol. The Bertz CT molecular complexity index is 1050. The van der Waals surface area contributed by atoms with E-state index in [9.17, 15) is 9.59 Å². The zero-order valence-corrected chi connectivity index (χ0v) is 18.4. The first-order valence-electron chi connectivity index (χ1n) is 11.3. The Hall–Kier alpha value is -2.68. The van der Waals surface area contributed by atoms with Gasteiger partial charge in [-0.05, 0) is 37.8 Å². The second-order valence-corrected chi connectivity index (χ2v) is 8.62. The van der Waals surface area contributed by atoms with Crippen molar-refractivity contribution in [2.45, 2.75) is 51.9 Å². The van der Waals surface area contributed by atoms with Crippen molar-refractivity contribution in [3.63, 3.8) is 0 Å². The van der Waals surface area contributed by atoms with Crippen molar-refractivity contribution in [3.8, 4) is 6.01 Å². The molecule has 0 spiro atoms. The first-order valence-corrected chi connectivity index (χ1v) is 11.3. The molecule has 0 atom stereocenters. The number of amidine groups is 1. The maximum atomic E-state index is 12.7. The highest BCUT2D eigenvalue weighted by Crippen LogP contribution is 2.34. The van der Waals surface area contributed by atoms with Gasteiger partial charge in [0.1, 0.15) is 11.2 Å². The molecule has 31 heavy (non-hydrogen) atoms. The van der Waals surface area contributed by atoms with Crippen molar-refractivity contribution in [2.75, 3.05) is 33.2 Å². The van der Waals surface area contributed by atoms with E-state index in [-0.39, 0.29) is 17.3 Å². The molecule has 9 heteroatoms. The number of nitrogens with zero attached hydrogens (tertiary/aromatic N) is 4. The highest BCUT2D eigenvalue weighted by molar-refractivity contribution is 5.82. The third kappa shape index (κ3) is 5.52. The Morgan fingerprint density at radius 3 is 2.77 bits per heavy atom. The molecule has 1 aliphatic heterocycles. The van der Waals surface area contributed by atoms with Crippen LogP contribution in [0.1, 0.15) is 51.0 Å². The predicted octanol–water partition coefficient (Wildman–Crippen LogP) is 2.35. The molecule has 9 nitrogen and oxygen atoms in total. The Morgan fingerprint density at radius 1 is 1.29 bits per heavy atom. The lowest BCUT2D eigenvalue weighted by Gasteiger charge is -2.34. The summed E-state index contributed by atoms with van der Waals surface area (Å²) in [6.07, 6.45) is 6.99. The molecular formula is C22H31N5O4. The van der Waals surface area contributed by atoms with Crippen molar-refractivity contribution in [1.29, 1.82) is 0 Å². The smallest absolute Gasteiger partial charge is 0.337 e. The molecule has 168 valence electrons. The van der Waals surface area contributed by atoms with Gasteiger partial charge in [0.05, 0.1) is 0 Å². The van der Waals surface area contributed by atoms with Crippen LogP contribution in [0.2, 0.25) is 0 Å². The molecule has 1 N–H and O–H groups in total. The number of aromatic amines is 1. The molecular weight excluding hydrogens is 398 g/mol. The molecule has 1 saturated heterocycles. The molecule has 0 bridgehead atoms. The quantitative estimate of drug-likeness (QED) is 0.390. The van der Waals surface area contributed by atoms with Gasteiger partial charge in [0, 0.05) is 38.7 Å². The first kappa shape index (κ1) is 21.5. The van der Waals surface area contributed by atoms with Crippen molar-refractivity contribution < 1.29 is 9.25 Å². The van der Waals surface area contributed by atoms with Gasteiger partial charge in [-0.3, -0.25) is 9.78 Å². The summed E-state index contributed by atoms with van der Waals surface area (Å²) in [5.41, 5.74) is -0.207. The molecule has 0 radical (unpaired) electrons. The van der Waals surface area contributed by atoms with E-state index in [1.54, 1.807) is 0 Å². The monoisotopic (exact) mass is 429 g/mol. The summed E-state index contributed by atoms with van der Waals surface area (Å²) >= 11 is 0. The number of aryl methyl sites for hydroxylation is 1. The minimum Gasteiger partial charge on any atom is -0.403 e. The largest absolute Gasteiger partial charge is 0.403 e. The number of hydrogen-bond donors (Lipinski definition) is 1. The van der Waals surface area contributed by atoms with Crippen LogP contribution in [0.4, 0.5) is 0 Å². The summed E-state index contributed by atoms with van der Waals surface area (Å²) in [6.45, 7) is 5.75. The molecule has 1 saturated carbocycles. The Labute approximate surface area is 181 Å². The molecule has 3 heterocycles. The number of nitrogens with one attached hydrogen (secondary N) is 1. The summed E-state index contributed by atoms with van der Waals surface area (Å²) in [5.74, 6) is 1.63. The van der Waals surface area contributed by atoms with E-state index in [1.165, 1.54) is 18.9 Å². The number of oxime groups is 1. The van der Waals surface area contributed by atoms with Crippen LogP contribution in [0.15, 0.2) is 25.2 Å². The Morgan fingerprint density at radius 2 is 2.06 bits per heavy atom. The molecule has 0 aromatic carbocycles. The van der Waals surface area contributed by atoms with E-state index in [4.69, 9.17) is 9.25 Å². The fourth-order valence-electron chi connectivity index (χ4n) is 4.00. The van der Waals surface area contributed by atoms with E-state index in [2.05, 4.69) is 38.9 Å². The third-order valence-electron chi connectivity index (χ3n) is 6.01. The average Bonchev–Trinajstić information content (AvgIpc) is 3.55. The van der Waals surface area contributed by atoms with Crippen molar-refractivity contribution in [2.24, 2.45) is 11.1 Å². The van der Waals surface area contributed by atoms with E-state index < -0.39 is 5.63 Å². The van der Waals surface area contributed by atoms with Gasteiger partial charge in [0.25, 0.3) is 5.56 Å². The number of rotatable bonds is 8. The van der Waals surface area contributed by atoms with Crippen molar-refractivity contribution >= 4 is 16.9 Å². The number of piperazine rings is 1. The number of H-pyrrole nitrogens is 1. The number of fused-ring (bicyclic) bond motifs is 1. The molecule has 0 unspecified atom stereocenters. The van der Waals surface area contributed by atoms with E-state index >= 15 is 0 Å². The van der Waals surface area contributed by atoms with Crippen molar-refractivity contribution in [1.82, 2.24) is 19.8 Å². The third-order valence-corrected chi connectivity index (χ3v) is 6.01. The van der Waals surface area contributed by atoms with Gasteiger partial charge in [-0.1, -0.05) is 31.3 Å². The van der Waals surface area contributed by atoms with Crippen LogP contribution in [0.5, 0.6) is 6.01 Å². The summed E-state index contributed by atoms with van der Waals surface area (Å²) < 4.78 is 5.21. The number of hydrogen-bond acceptors (Lipinski definition) is 7. The maximum absolute atomic E-state index is 12.7. The first-order chi connectivity index (χ1) is 15.0. The zero-order valence-electron chi connectivity index (χ0n) is 18.4. The minimum atomic E-state index is -0.509. The van der Waals surface area contributed by atoms with Crippen LogP contribution in [0.3, 0.4) is 0 Å². The molecule has 2 aliphatic rings. The van der Waals surface area contributed by atoms with Crippen LogP contribution in [0.25, 0.3) is 11.1 Å².